The first-order chi connectivity index (χ1) is 14.5. The SMILES string of the molecule is Cc1ncc(Oc2nc(N3CC(=CC(C)O)C3)c3c(n2)[nH]c2[c]cc(F)cc23)cn1. The molecule has 9 heteroatoms. The second-order valence-electron chi connectivity index (χ2n) is 7.27. The monoisotopic (exact) mass is 405 g/mol. The number of halogens is 1. The van der Waals surface area contributed by atoms with E-state index in [0.717, 1.165) is 5.57 Å². The molecule has 4 aromatic rings. The first-order valence-electron chi connectivity index (χ1n) is 9.46. The summed E-state index contributed by atoms with van der Waals surface area (Å²) >= 11 is 0. The van der Waals surface area contributed by atoms with Gasteiger partial charge in [0.1, 0.15) is 23.1 Å². The van der Waals surface area contributed by atoms with E-state index in [9.17, 15) is 9.50 Å². The Bertz CT molecular complexity index is 1270. The quantitative estimate of drug-likeness (QED) is 0.503. The second kappa shape index (κ2) is 7.03. The van der Waals surface area contributed by atoms with Gasteiger partial charge in [0.25, 0.3) is 0 Å². The molecular formula is C21H18FN6O2. The number of aliphatic hydroxyl groups is 1. The average molecular weight is 405 g/mol. The van der Waals surface area contributed by atoms with Gasteiger partial charge in [-0.2, -0.15) is 9.97 Å². The summed E-state index contributed by atoms with van der Waals surface area (Å²) in [5.41, 5.74) is 2.26. The number of hydrogen-bond donors (Lipinski definition) is 2. The molecule has 2 N–H and O–H groups in total. The van der Waals surface area contributed by atoms with Crippen molar-refractivity contribution in [1.29, 1.82) is 0 Å². The highest BCUT2D eigenvalue weighted by Gasteiger charge is 2.27. The molecule has 1 aliphatic rings. The lowest BCUT2D eigenvalue weighted by molar-refractivity contribution is 0.242. The van der Waals surface area contributed by atoms with Crippen LogP contribution in [-0.2, 0) is 0 Å². The highest BCUT2D eigenvalue weighted by molar-refractivity contribution is 6.11. The molecule has 8 nitrogen and oxygen atoms in total. The van der Waals surface area contributed by atoms with Crippen molar-refractivity contribution >= 4 is 27.8 Å². The van der Waals surface area contributed by atoms with Crippen LogP contribution >= 0.6 is 0 Å². The summed E-state index contributed by atoms with van der Waals surface area (Å²) in [6, 6.07) is 5.75. The number of H-pyrrole nitrogens is 1. The van der Waals surface area contributed by atoms with Crippen LogP contribution < -0.4 is 9.64 Å². The topological polar surface area (TPSA) is 100 Å². The molecule has 0 spiro atoms. The number of benzene rings is 1. The van der Waals surface area contributed by atoms with E-state index in [-0.39, 0.29) is 11.8 Å². The van der Waals surface area contributed by atoms with Crippen molar-refractivity contribution in [1.82, 2.24) is 24.9 Å². The molecule has 151 valence electrons. The molecule has 1 aromatic carbocycles. The zero-order chi connectivity index (χ0) is 20.8. The van der Waals surface area contributed by atoms with E-state index in [1.807, 2.05) is 11.0 Å². The van der Waals surface area contributed by atoms with Crippen LogP contribution in [0.5, 0.6) is 11.8 Å². The molecule has 0 saturated carbocycles. The highest BCUT2D eigenvalue weighted by Crippen LogP contribution is 2.36. The fraction of sp³-hybridized carbons (Fsp3) is 0.238. The molecule has 5 rings (SSSR count). The lowest BCUT2D eigenvalue weighted by Gasteiger charge is -2.35. The zero-order valence-corrected chi connectivity index (χ0v) is 16.3. The van der Waals surface area contributed by atoms with Gasteiger partial charge in [-0.1, -0.05) is 6.08 Å². The van der Waals surface area contributed by atoms with Crippen molar-refractivity contribution in [2.75, 3.05) is 18.0 Å². The van der Waals surface area contributed by atoms with Gasteiger partial charge in [-0.3, -0.25) is 0 Å². The maximum absolute atomic E-state index is 13.9. The predicted octanol–water partition coefficient (Wildman–Crippen LogP) is 3.07. The van der Waals surface area contributed by atoms with Gasteiger partial charge in [0.15, 0.2) is 5.75 Å². The summed E-state index contributed by atoms with van der Waals surface area (Å²) in [4.78, 5) is 22.5. The number of fused-ring (bicyclic) bond motifs is 3. The van der Waals surface area contributed by atoms with Gasteiger partial charge in [-0.25, -0.2) is 14.4 Å². The molecule has 1 aliphatic heterocycles. The third kappa shape index (κ3) is 3.33. The van der Waals surface area contributed by atoms with Crippen molar-refractivity contribution in [3.05, 3.63) is 53.9 Å². The number of nitrogens with zero attached hydrogens (tertiary/aromatic N) is 5. The number of hydrogen-bond acceptors (Lipinski definition) is 7. The van der Waals surface area contributed by atoms with E-state index < -0.39 is 6.10 Å². The molecule has 1 radical (unpaired) electrons. The van der Waals surface area contributed by atoms with Crippen LogP contribution in [0.2, 0.25) is 0 Å². The molecule has 0 bridgehead atoms. The molecular weight excluding hydrogens is 387 g/mol. The maximum Gasteiger partial charge on any atom is 0.326 e. The van der Waals surface area contributed by atoms with Crippen LogP contribution in [0.4, 0.5) is 10.2 Å². The van der Waals surface area contributed by atoms with E-state index >= 15 is 0 Å². The lowest BCUT2D eigenvalue weighted by Crippen LogP contribution is -2.41. The number of aryl methyl sites for hydroxylation is 1. The van der Waals surface area contributed by atoms with Gasteiger partial charge in [0.05, 0.1) is 29.4 Å². The van der Waals surface area contributed by atoms with Crippen molar-refractivity contribution < 1.29 is 14.2 Å². The Labute approximate surface area is 171 Å². The Morgan fingerprint density at radius 2 is 2.07 bits per heavy atom. The maximum atomic E-state index is 13.9. The number of nitrogens with one attached hydrogen (secondary N) is 1. The highest BCUT2D eigenvalue weighted by atomic mass is 19.1. The molecule has 1 atom stereocenters. The molecule has 30 heavy (non-hydrogen) atoms. The van der Waals surface area contributed by atoms with Gasteiger partial charge < -0.3 is 19.7 Å². The van der Waals surface area contributed by atoms with Crippen molar-refractivity contribution in [3.63, 3.8) is 0 Å². The van der Waals surface area contributed by atoms with Gasteiger partial charge in [0.2, 0.25) is 0 Å². The summed E-state index contributed by atoms with van der Waals surface area (Å²) < 4.78 is 19.7. The summed E-state index contributed by atoms with van der Waals surface area (Å²) in [5, 5.41) is 10.9. The second-order valence-corrected chi connectivity index (χ2v) is 7.27. The first kappa shape index (κ1) is 18.4. The van der Waals surface area contributed by atoms with Crippen molar-refractivity contribution in [3.8, 4) is 11.8 Å². The number of anilines is 1. The third-order valence-corrected chi connectivity index (χ3v) is 4.82. The van der Waals surface area contributed by atoms with Crippen molar-refractivity contribution in [2.24, 2.45) is 0 Å². The Morgan fingerprint density at radius 3 is 2.80 bits per heavy atom. The molecule has 3 aromatic heterocycles. The van der Waals surface area contributed by atoms with Crippen LogP contribution in [0.25, 0.3) is 21.9 Å². The molecule has 0 aliphatic carbocycles. The number of aromatic amines is 1. The fourth-order valence-electron chi connectivity index (χ4n) is 3.51. The minimum atomic E-state index is -0.509. The molecule has 1 unspecified atom stereocenters. The van der Waals surface area contributed by atoms with Crippen LogP contribution in [0.15, 0.2) is 36.2 Å². The van der Waals surface area contributed by atoms with E-state index in [2.05, 4.69) is 31.0 Å². The van der Waals surface area contributed by atoms with Crippen LogP contribution in [0, 0.1) is 18.8 Å². The molecule has 1 fully saturated rings. The summed E-state index contributed by atoms with van der Waals surface area (Å²) in [6.07, 6.45) is 4.41. The first-order valence-corrected chi connectivity index (χ1v) is 9.46. The summed E-state index contributed by atoms with van der Waals surface area (Å²) in [6.45, 7) is 4.71. The van der Waals surface area contributed by atoms with E-state index in [1.54, 1.807) is 26.2 Å². The Balaban J connectivity index is 1.61. The Morgan fingerprint density at radius 1 is 1.30 bits per heavy atom. The molecule has 4 heterocycles. The predicted molar refractivity (Wildman–Crippen MR) is 109 cm³/mol. The van der Waals surface area contributed by atoms with Crippen LogP contribution in [0.1, 0.15) is 12.7 Å². The summed E-state index contributed by atoms with van der Waals surface area (Å²) in [5.74, 6) is 1.28. The van der Waals surface area contributed by atoms with Gasteiger partial charge in [-0.05, 0) is 31.6 Å². The average Bonchev–Trinajstić information content (AvgIpc) is 3.03. The number of ether oxygens (including phenoxy) is 1. The normalized spacial score (nSPS) is 14.8. The van der Waals surface area contributed by atoms with Crippen LogP contribution in [-0.4, -0.2) is 49.2 Å². The van der Waals surface area contributed by atoms with Gasteiger partial charge in [-0.15, -0.1) is 0 Å². The standard InChI is InChI=1S/C21H18FN6O2/c1-11(29)5-13-9-28(10-13)20-18-16-6-14(22)3-4-17(16)25-19(18)26-21(27-20)30-15-7-23-12(2)24-8-15/h3,5-8,11,29H,9-10H2,1-2H3,(H,25,26,27). The fourth-order valence-corrected chi connectivity index (χ4v) is 3.51. The largest absolute Gasteiger partial charge is 0.421 e. The number of rotatable bonds is 4. The van der Waals surface area contributed by atoms with Gasteiger partial charge in [0, 0.05) is 24.5 Å². The van der Waals surface area contributed by atoms with Gasteiger partial charge >= 0.3 is 6.01 Å². The Kier molecular flexibility index (Phi) is 4.32. The molecule has 1 saturated heterocycles. The zero-order valence-electron chi connectivity index (χ0n) is 16.3. The molecule has 0 amide bonds. The van der Waals surface area contributed by atoms with Crippen molar-refractivity contribution in [2.45, 2.75) is 20.0 Å². The summed E-state index contributed by atoms with van der Waals surface area (Å²) in [7, 11) is 0. The van der Waals surface area contributed by atoms with Crippen LogP contribution in [0.3, 0.4) is 0 Å². The van der Waals surface area contributed by atoms with E-state index in [0.29, 0.717) is 52.4 Å². The third-order valence-electron chi connectivity index (χ3n) is 4.82. The van der Waals surface area contributed by atoms with E-state index in [4.69, 9.17) is 4.74 Å². The Hall–Kier alpha value is -3.59. The minimum absolute atomic E-state index is 0.130. The lowest BCUT2D eigenvalue weighted by atomic mass is 10.0. The number of aromatic nitrogens is 5. The smallest absolute Gasteiger partial charge is 0.326 e. The minimum Gasteiger partial charge on any atom is -0.421 e. The number of aliphatic hydroxyl groups excluding tert-OH is 1. The van der Waals surface area contributed by atoms with E-state index in [1.165, 1.54) is 12.1 Å².